The second-order valence-corrected chi connectivity index (χ2v) is 4.24. The number of anilines is 1. The van der Waals surface area contributed by atoms with Gasteiger partial charge in [0.2, 0.25) is 0 Å². The molecule has 0 aliphatic rings. The number of nitrogens with one attached hydrogen (secondary N) is 1. The van der Waals surface area contributed by atoms with E-state index in [1.807, 2.05) is 18.3 Å². The Morgan fingerprint density at radius 1 is 1.26 bits per heavy atom. The number of hydrogen-bond donors (Lipinski definition) is 3. The third kappa shape index (κ3) is 1.91. The fourth-order valence-electron chi connectivity index (χ4n) is 2.07. The van der Waals surface area contributed by atoms with Gasteiger partial charge in [-0.25, -0.2) is 4.79 Å². The number of carbonyl (C=O) groups is 1. The van der Waals surface area contributed by atoms with E-state index >= 15 is 0 Å². The van der Waals surface area contributed by atoms with E-state index in [1.54, 1.807) is 6.07 Å². The molecule has 3 rings (SSSR count). The molecule has 1 aromatic carbocycles. The Kier molecular flexibility index (Phi) is 2.45. The number of pyridine rings is 1. The van der Waals surface area contributed by atoms with Crippen LogP contribution >= 0.6 is 0 Å². The summed E-state index contributed by atoms with van der Waals surface area (Å²) in [6, 6.07) is 8.62. The van der Waals surface area contributed by atoms with Crippen LogP contribution in [-0.2, 0) is 0 Å². The molecule has 0 aliphatic heterocycles. The number of aromatic amines is 1. The zero-order valence-electron chi connectivity index (χ0n) is 9.92. The van der Waals surface area contributed by atoms with Gasteiger partial charge in [0.15, 0.2) is 0 Å². The van der Waals surface area contributed by atoms with Gasteiger partial charge in [0, 0.05) is 23.3 Å². The predicted molar refractivity (Wildman–Crippen MR) is 72.9 cm³/mol. The molecule has 0 saturated heterocycles. The Morgan fingerprint density at radius 2 is 2.11 bits per heavy atom. The van der Waals surface area contributed by atoms with E-state index in [4.69, 9.17) is 10.8 Å². The molecule has 5 nitrogen and oxygen atoms in total. The zero-order valence-corrected chi connectivity index (χ0v) is 9.92. The molecule has 19 heavy (non-hydrogen) atoms. The lowest BCUT2D eigenvalue weighted by molar-refractivity contribution is 0.0697. The molecule has 0 amide bonds. The normalized spacial score (nSPS) is 10.7. The van der Waals surface area contributed by atoms with Crippen LogP contribution in [0.3, 0.4) is 0 Å². The van der Waals surface area contributed by atoms with E-state index in [9.17, 15) is 4.79 Å². The lowest BCUT2D eigenvalue weighted by atomic mass is 10.1. The van der Waals surface area contributed by atoms with Gasteiger partial charge in [0.25, 0.3) is 0 Å². The molecule has 3 aromatic rings. The Hall–Kier alpha value is -2.82. The fraction of sp³-hybridized carbons (Fsp3) is 0. The lowest BCUT2D eigenvalue weighted by Gasteiger charge is -2.05. The molecule has 0 bridgehead atoms. The minimum Gasteiger partial charge on any atom is -0.478 e. The third-order valence-electron chi connectivity index (χ3n) is 2.99. The van der Waals surface area contributed by atoms with Crippen LogP contribution in [-0.4, -0.2) is 21.0 Å². The zero-order chi connectivity index (χ0) is 13.4. The number of aromatic carboxylic acids is 1. The van der Waals surface area contributed by atoms with Gasteiger partial charge in [0.05, 0.1) is 22.5 Å². The van der Waals surface area contributed by atoms with Crippen molar-refractivity contribution >= 4 is 22.6 Å². The van der Waals surface area contributed by atoms with Crippen molar-refractivity contribution in [2.75, 3.05) is 5.73 Å². The summed E-state index contributed by atoms with van der Waals surface area (Å²) in [5.41, 5.74) is 9.04. The minimum atomic E-state index is -0.973. The summed E-state index contributed by atoms with van der Waals surface area (Å²) in [7, 11) is 0. The first-order valence-corrected chi connectivity index (χ1v) is 5.71. The van der Waals surface area contributed by atoms with Gasteiger partial charge >= 0.3 is 5.97 Å². The second-order valence-electron chi connectivity index (χ2n) is 4.24. The van der Waals surface area contributed by atoms with Crippen molar-refractivity contribution in [3.8, 4) is 11.3 Å². The van der Waals surface area contributed by atoms with Gasteiger partial charge in [-0.1, -0.05) is 0 Å². The van der Waals surface area contributed by atoms with Crippen molar-refractivity contribution in [3.05, 3.63) is 48.3 Å². The molecule has 0 aliphatic carbocycles. The molecule has 0 fully saturated rings. The first-order chi connectivity index (χ1) is 9.15. The maximum atomic E-state index is 11.0. The summed E-state index contributed by atoms with van der Waals surface area (Å²) < 4.78 is 0. The maximum Gasteiger partial charge on any atom is 0.335 e. The highest BCUT2D eigenvalue weighted by Gasteiger charge is 2.08. The molecule has 2 heterocycles. The Labute approximate surface area is 108 Å². The van der Waals surface area contributed by atoms with Crippen LogP contribution in [0.5, 0.6) is 0 Å². The smallest absolute Gasteiger partial charge is 0.335 e. The average molecular weight is 253 g/mol. The number of fused-ring (bicyclic) bond motifs is 1. The highest BCUT2D eigenvalue weighted by molar-refractivity contribution is 5.95. The van der Waals surface area contributed by atoms with Crippen molar-refractivity contribution in [3.63, 3.8) is 0 Å². The van der Waals surface area contributed by atoms with Crippen molar-refractivity contribution in [1.29, 1.82) is 0 Å². The molecule has 5 heteroatoms. The summed E-state index contributed by atoms with van der Waals surface area (Å²) in [4.78, 5) is 18.2. The summed E-state index contributed by atoms with van der Waals surface area (Å²) in [5.74, 6) is -0.973. The van der Waals surface area contributed by atoms with Gasteiger partial charge in [-0.05, 0) is 30.3 Å². The first-order valence-electron chi connectivity index (χ1n) is 5.71. The van der Waals surface area contributed by atoms with Crippen molar-refractivity contribution in [1.82, 2.24) is 9.97 Å². The topological polar surface area (TPSA) is 92.0 Å². The van der Waals surface area contributed by atoms with E-state index in [2.05, 4.69) is 9.97 Å². The number of hydrogen-bond acceptors (Lipinski definition) is 3. The predicted octanol–water partition coefficient (Wildman–Crippen LogP) is 2.51. The van der Waals surface area contributed by atoms with E-state index in [1.165, 1.54) is 18.3 Å². The van der Waals surface area contributed by atoms with E-state index in [0.717, 1.165) is 16.5 Å². The van der Waals surface area contributed by atoms with Crippen molar-refractivity contribution < 1.29 is 9.90 Å². The third-order valence-corrected chi connectivity index (χ3v) is 2.99. The van der Waals surface area contributed by atoms with Crippen LogP contribution < -0.4 is 5.73 Å². The Balaban J connectivity index is 2.18. The molecule has 0 saturated carbocycles. The highest BCUT2D eigenvalue weighted by atomic mass is 16.4. The standard InChI is InChI=1S/C14H11N3O2/c15-11-6-10(5-8-1-4-17-13(8)11)12-7-9(14(18)19)2-3-16-12/h1-7,17H,15H2,(H,18,19). The summed E-state index contributed by atoms with van der Waals surface area (Å²) >= 11 is 0. The molecular formula is C14H11N3O2. The number of benzene rings is 1. The Morgan fingerprint density at radius 3 is 2.89 bits per heavy atom. The highest BCUT2D eigenvalue weighted by Crippen LogP contribution is 2.27. The van der Waals surface area contributed by atoms with Crippen LogP contribution in [0, 0.1) is 0 Å². The molecular weight excluding hydrogens is 242 g/mol. The van der Waals surface area contributed by atoms with Crippen LogP contribution in [0.15, 0.2) is 42.7 Å². The number of nitrogens with zero attached hydrogens (tertiary/aromatic N) is 1. The number of carboxylic acid groups (broad SMARTS) is 1. The summed E-state index contributed by atoms with van der Waals surface area (Å²) in [5, 5.41) is 9.96. The van der Waals surface area contributed by atoms with Gasteiger partial charge in [-0.2, -0.15) is 0 Å². The molecule has 0 spiro atoms. The van der Waals surface area contributed by atoms with Crippen molar-refractivity contribution in [2.45, 2.75) is 0 Å². The number of aromatic nitrogens is 2. The summed E-state index contributed by atoms with van der Waals surface area (Å²) in [6.07, 6.45) is 3.29. The molecule has 2 aromatic heterocycles. The molecule has 4 N–H and O–H groups in total. The van der Waals surface area contributed by atoms with Gasteiger partial charge in [-0.3, -0.25) is 4.98 Å². The van der Waals surface area contributed by atoms with Crippen LogP contribution in [0.2, 0.25) is 0 Å². The van der Waals surface area contributed by atoms with Gasteiger partial charge in [-0.15, -0.1) is 0 Å². The van der Waals surface area contributed by atoms with Gasteiger partial charge < -0.3 is 15.8 Å². The monoisotopic (exact) mass is 253 g/mol. The number of carboxylic acids is 1. The number of H-pyrrole nitrogens is 1. The maximum absolute atomic E-state index is 11.0. The number of nitrogens with two attached hydrogens (primary N) is 1. The first kappa shape index (κ1) is 11.3. The summed E-state index contributed by atoms with van der Waals surface area (Å²) in [6.45, 7) is 0. The Bertz CT molecular complexity index is 777. The average Bonchev–Trinajstić information content (AvgIpc) is 2.87. The van der Waals surface area contributed by atoms with Crippen LogP contribution in [0.1, 0.15) is 10.4 Å². The molecule has 0 atom stereocenters. The van der Waals surface area contributed by atoms with E-state index < -0.39 is 5.97 Å². The molecule has 94 valence electrons. The molecule has 0 radical (unpaired) electrons. The molecule has 0 unspecified atom stereocenters. The second kappa shape index (κ2) is 4.13. The van der Waals surface area contributed by atoms with Gasteiger partial charge in [0.1, 0.15) is 0 Å². The quantitative estimate of drug-likeness (QED) is 0.612. The lowest BCUT2D eigenvalue weighted by Crippen LogP contribution is -1.97. The van der Waals surface area contributed by atoms with Crippen LogP contribution in [0.25, 0.3) is 22.2 Å². The number of nitrogen functional groups attached to an aromatic ring is 1. The van der Waals surface area contributed by atoms with Crippen LogP contribution in [0.4, 0.5) is 5.69 Å². The van der Waals surface area contributed by atoms with E-state index in [0.29, 0.717) is 11.4 Å². The minimum absolute atomic E-state index is 0.206. The number of rotatable bonds is 2. The SMILES string of the molecule is Nc1cc(-c2cc(C(=O)O)ccn2)cc2cc[nH]c12. The fourth-order valence-corrected chi connectivity index (χ4v) is 2.07. The van der Waals surface area contributed by atoms with Crippen molar-refractivity contribution in [2.24, 2.45) is 0 Å². The largest absolute Gasteiger partial charge is 0.478 e. The van der Waals surface area contributed by atoms with E-state index in [-0.39, 0.29) is 5.56 Å².